The minimum absolute atomic E-state index is 0.0530. The molecule has 1 fully saturated rings. The largest absolute Gasteiger partial charge is 0.293 e. The van der Waals surface area contributed by atoms with Gasteiger partial charge in [0.2, 0.25) is 5.91 Å². The van der Waals surface area contributed by atoms with E-state index in [1.54, 1.807) is 49.4 Å². The number of hydrazone groups is 1. The van der Waals surface area contributed by atoms with Crippen LogP contribution in [0.25, 0.3) is 0 Å². The Morgan fingerprint density at radius 1 is 0.964 bits per heavy atom. The number of carbonyl (C=O) groups is 3. The van der Waals surface area contributed by atoms with Crippen molar-refractivity contribution in [3.8, 4) is 0 Å². The summed E-state index contributed by atoms with van der Waals surface area (Å²) >= 11 is 12.4. The summed E-state index contributed by atoms with van der Waals surface area (Å²) in [5, 5.41) is 6.54. The summed E-state index contributed by atoms with van der Waals surface area (Å²) in [6.07, 6.45) is 0. The Hall–Kier alpha value is -2.70. The Morgan fingerprint density at radius 2 is 1.61 bits per heavy atom. The average Bonchev–Trinajstić information content (AvgIpc) is 3.16. The molecule has 0 radical (unpaired) electrons. The van der Waals surface area contributed by atoms with E-state index >= 15 is 0 Å². The Morgan fingerprint density at radius 3 is 2.29 bits per heavy atom. The summed E-state index contributed by atoms with van der Waals surface area (Å²) in [6, 6.07) is 10.8. The third kappa shape index (κ3) is 2.64. The molecule has 2 amide bonds. The van der Waals surface area contributed by atoms with Gasteiger partial charge in [0, 0.05) is 11.9 Å². The van der Waals surface area contributed by atoms with Crippen molar-refractivity contribution in [1.29, 1.82) is 0 Å². The molecule has 6 nitrogen and oxygen atoms in total. The second kappa shape index (κ2) is 6.72. The molecule has 2 heterocycles. The molecule has 2 aromatic rings. The number of halogens is 2. The first-order chi connectivity index (χ1) is 13.3. The first-order valence-electron chi connectivity index (χ1n) is 8.59. The number of nitrogens with zero attached hydrogens (tertiary/aromatic N) is 3. The van der Waals surface area contributed by atoms with Gasteiger partial charge >= 0.3 is 0 Å². The van der Waals surface area contributed by atoms with Crippen molar-refractivity contribution < 1.29 is 14.4 Å². The van der Waals surface area contributed by atoms with E-state index in [9.17, 15) is 14.4 Å². The summed E-state index contributed by atoms with van der Waals surface area (Å²) in [6.45, 7) is 3.13. The summed E-state index contributed by atoms with van der Waals surface area (Å²) in [5.41, 5.74) is 1.62. The molecule has 28 heavy (non-hydrogen) atoms. The van der Waals surface area contributed by atoms with Gasteiger partial charge in [0.1, 0.15) is 17.7 Å². The monoisotopic (exact) mass is 415 g/mol. The molecule has 0 N–H and O–H groups in total. The quantitative estimate of drug-likeness (QED) is 0.717. The molecule has 0 bridgehead atoms. The van der Waals surface area contributed by atoms with Gasteiger partial charge in [-0.25, -0.2) is 4.90 Å². The smallest absolute Gasteiger partial charge is 0.259 e. The Bertz CT molecular complexity index is 1070. The predicted octanol–water partition coefficient (Wildman–Crippen LogP) is 3.63. The normalized spacial score (nSPS) is 21.2. The maximum Gasteiger partial charge on any atom is 0.259 e. The summed E-state index contributed by atoms with van der Waals surface area (Å²) in [5.74, 6) is -2.35. The van der Waals surface area contributed by atoms with Crippen molar-refractivity contribution in [3.05, 3.63) is 58.1 Å². The lowest BCUT2D eigenvalue weighted by atomic mass is 9.95. The molecular formula is C20H15Cl2N3O3. The third-order valence-corrected chi connectivity index (χ3v) is 5.72. The third-order valence-electron chi connectivity index (χ3n) is 4.99. The highest BCUT2D eigenvalue weighted by Crippen LogP contribution is 2.41. The van der Waals surface area contributed by atoms with E-state index in [2.05, 4.69) is 5.10 Å². The molecule has 8 heteroatoms. The molecule has 0 unspecified atom stereocenters. The van der Waals surface area contributed by atoms with Crippen LogP contribution < -0.4 is 9.91 Å². The van der Waals surface area contributed by atoms with Gasteiger partial charge in [0.25, 0.3) is 5.91 Å². The van der Waals surface area contributed by atoms with Crippen LogP contribution in [0.1, 0.15) is 12.5 Å². The number of rotatable bonds is 3. The second-order valence-electron chi connectivity index (χ2n) is 6.66. The number of ketones is 1. The van der Waals surface area contributed by atoms with Gasteiger partial charge in [0.15, 0.2) is 5.78 Å². The number of hydrogen-bond donors (Lipinski definition) is 0. The lowest BCUT2D eigenvalue weighted by Crippen LogP contribution is -2.39. The van der Waals surface area contributed by atoms with Crippen LogP contribution in [0.15, 0.2) is 47.6 Å². The van der Waals surface area contributed by atoms with Crippen LogP contribution in [0.3, 0.4) is 0 Å². The maximum absolute atomic E-state index is 13.3. The van der Waals surface area contributed by atoms with Gasteiger partial charge in [0.05, 0.1) is 16.4 Å². The van der Waals surface area contributed by atoms with Crippen molar-refractivity contribution in [1.82, 2.24) is 0 Å². The fourth-order valence-corrected chi connectivity index (χ4v) is 4.01. The molecule has 2 aromatic carbocycles. The van der Waals surface area contributed by atoms with Gasteiger partial charge in [-0.2, -0.15) is 5.10 Å². The standard InChI is InChI=1S/C20H15Cl2N3O3/c1-10-12(21)7-5-9-14(10)25-18-16(17(23-25)11(2)26)19(27)24(20(18)28)15-8-4-3-6-13(15)22/h3-9,16,18H,1-2H3/t16-,18+/m0/s1. The highest BCUT2D eigenvalue weighted by Gasteiger charge is 2.58. The van der Waals surface area contributed by atoms with E-state index in [4.69, 9.17) is 23.2 Å². The van der Waals surface area contributed by atoms with Crippen molar-refractivity contribution in [3.63, 3.8) is 0 Å². The Labute approximate surface area is 171 Å². The molecule has 1 saturated heterocycles. The molecule has 2 aliphatic rings. The van der Waals surface area contributed by atoms with Crippen LogP contribution in [0.2, 0.25) is 10.0 Å². The molecule has 0 aliphatic carbocycles. The average molecular weight is 416 g/mol. The SMILES string of the molecule is CC(=O)C1=NN(c2cccc(Cl)c2C)[C@H]2C(=O)N(c3ccccc3Cl)C(=O)[C@@H]12. The lowest BCUT2D eigenvalue weighted by Gasteiger charge is -2.24. The van der Waals surface area contributed by atoms with Gasteiger partial charge in [-0.1, -0.05) is 41.4 Å². The van der Waals surface area contributed by atoms with Crippen molar-refractivity contribution in [2.75, 3.05) is 9.91 Å². The summed E-state index contributed by atoms with van der Waals surface area (Å²) in [7, 11) is 0. The Kier molecular flexibility index (Phi) is 4.48. The topological polar surface area (TPSA) is 70.1 Å². The number of amides is 2. The molecule has 2 aliphatic heterocycles. The minimum atomic E-state index is -0.986. The number of Topliss-reactive ketones (excluding diaryl/α,β-unsaturated/α-hetero) is 1. The van der Waals surface area contributed by atoms with Crippen LogP contribution in [-0.4, -0.2) is 29.4 Å². The molecule has 4 rings (SSSR count). The maximum atomic E-state index is 13.3. The zero-order valence-corrected chi connectivity index (χ0v) is 16.5. The van der Waals surface area contributed by atoms with E-state index in [0.29, 0.717) is 22.0 Å². The fourth-order valence-electron chi connectivity index (χ4n) is 3.62. The summed E-state index contributed by atoms with van der Waals surface area (Å²) < 4.78 is 0. The molecule has 142 valence electrons. The zero-order valence-electron chi connectivity index (χ0n) is 15.0. The van der Waals surface area contributed by atoms with Crippen molar-refractivity contribution in [2.24, 2.45) is 11.0 Å². The number of benzene rings is 2. The van der Waals surface area contributed by atoms with Gasteiger partial charge in [-0.05, 0) is 36.8 Å². The van der Waals surface area contributed by atoms with E-state index in [1.165, 1.54) is 11.9 Å². The van der Waals surface area contributed by atoms with Gasteiger partial charge in [-0.15, -0.1) is 0 Å². The van der Waals surface area contributed by atoms with E-state index in [-0.39, 0.29) is 16.5 Å². The van der Waals surface area contributed by atoms with Crippen LogP contribution in [0, 0.1) is 12.8 Å². The van der Waals surface area contributed by atoms with Crippen LogP contribution in [0.5, 0.6) is 0 Å². The van der Waals surface area contributed by atoms with Crippen LogP contribution in [-0.2, 0) is 14.4 Å². The Balaban J connectivity index is 1.86. The van der Waals surface area contributed by atoms with Gasteiger partial charge in [-0.3, -0.25) is 19.4 Å². The van der Waals surface area contributed by atoms with Crippen LogP contribution >= 0.6 is 23.2 Å². The summed E-state index contributed by atoms with van der Waals surface area (Å²) in [4.78, 5) is 39.7. The molecule has 0 aromatic heterocycles. The van der Waals surface area contributed by atoms with E-state index in [0.717, 1.165) is 4.90 Å². The first kappa shape index (κ1) is 18.7. The van der Waals surface area contributed by atoms with Crippen molar-refractivity contribution >= 4 is 57.9 Å². The fraction of sp³-hybridized carbons (Fsp3) is 0.200. The number of para-hydroxylation sites is 1. The zero-order chi connectivity index (χ0) is 20.2. The second-order valence-corrected chi connectivity index (χ2v) is 7.47. The number of anilines is 2. The molecule has 2 atom stereocenters. The number of imide groups is 1. The van der Waals surface area contributed by atoms with E-state index in [1.807, 2.05) is 0 Å². The first-order valence-corrected chi connectivity index (χ1v) is 9.34. The minimum Gasteiger partial charge on any atom is -0.293 e. The molecule has 0 spiro atoms. The number of hydrogen-bond acceptors (Lipinski definition) is 5. The van der Waals surface area contributed by atoms with Gasteiger partial charge < -0.3 is 0 Å². The molecule has 0 saturated carbocycles. The highest BCUT2D eigenvalue weighted by molar-refractivity contribution is 6.49. The van der Waals surface area contributed by atoms with Crippen molar-refractivity contribution in [2.45, 2.75) is 19.9 Å². The lowest BCUT2D eigenvalue weighted by molar-refractivity contribution is -0.122. The number of carbonyl (C=O) groups excluding carboxylic acids is 3. The molecular weight excluding hydrogens is 401 g/mol. The van der Waals surface area contributed by atoms with E-state index < -0.39 is 23.8 Å². The highest BCUT2D eigenvalue weighted by atomic mass is 35.5. The predicted molar refractivity (Wildman–Crippen MR) is 108 cm³/mol. The van der Waals surface area contributed by atoms with Crippen LogP contribution in [0.4, 0.5) is 11.4 Å². The number of fused-ring (bicyclic) bond motifs is 1.